The Hall–Kier alpha value is -3.22. The van der Waals surface area contributed by atoms with Gasteiger partial charge in [-0.05, 0) is 118 Å². The van der Waals surface area contributed by atoms with Gasteiger partial charge in [0.25, 0.3) is 0 Å². The van der Waals surface area contributed by atoms with Crippen LogP contribution in [0.15, 0.2) is 24.3 Å². The summed E-state index contributed by atoms with van der Waals surface area (Å²) >= 11 is 0. The number of carbonyl (C=O) groups excluding carboxylic acids is 6. The van der Waals surface area contributed by atoms with Crippen LogP contribution in [0.4, 0.5) is 0 Å². The number of likely N-dealkylation sites (N-methyl/N-ethyl adjacent to an activating group) is 2. The van der Waals surface area contributed by atoms with Crippen molar-refractivity contribution in [2.45, 2.75) is 209 Å². The van der Waals surface area contributed by atoms with E-state index < -0.39 is 84.8 Å². The summed E-state index contributed by atoms with van der Waals surface area (Å²) in [4.78, 5) is 82.4. The van der Waals surface area contributed by atoms with Crippen LogP contribution in [0, 0.1) is 59.2 Å². The topological polar surface area (TPSA) is 205 Å². The van der Waals surface area contributed by atoms with Gasteiger partial charge >= 0.3 is 11.9 Å². The average Bonchev–Trinajstić information content (AvgIpc) is 3.33. The summed E-state index contributed by atoms with van der Waals surface area (Å²) in [6.07, 6.45) is 4.03. The van der Waals surface area contributed by atoms with Crippen molar-refractivity contribution >= 4 is 35.1 Å². The molecule has 2 fully saturated rings. The summed E-state index contributed by atoms with van der Waals surface area (Å²) < 4.78 is 36.1. The Kier molecular flexibility index (Phi) is 25.1. The fourth-order valence-corrected chi connectivity index (χ4v) is 10.8. The van der Waals surface area contributed by atoms with Crippen LogP contribution in [0.2, 0.25) is 0 Å². The quantitative estimate of drug-likeness (QED) is 0.190. The molecule has 16 nitrogen and oxygen atoms in total. The van der Waals surface area contributed by atoms with E-state index in [0.29, 0.717) is 38.5 Å². The molecule has 2 N–H and O–H groups in total. The molecule has 412 valence electrons. The third kappa shape index (κ3) is 16.9. The molecule has 0 aromatic rings. The molecule has 0 aromatic heterocycles. The number of rotatable bonds is 8. The highest BCUT2D eigenvalue weighted by Crippen LogP contribution is 2.35. The molecule has 0 aliphatic carbocycles. The van der Waals surface area contributed by atoms with Gasteiger partial charge < -0.3 is 48.4 Å². The van der Waals surface area contributed by atoms with E-state index in [-0.39, 0.29) is 82.9 Å². The Morgan fingerprint density at radius 3 is 1.14 bits per heavy atom. The lowest BCUT2D eigenvalue weighted by Gasteiger charge is -2.43. The number of ketones is 4. The molecule has 16 heteroatoms. The van der Waals surface area contributed by atoms with Crippen LogP contribution in [0.3, 0.4) is 0 Å². The highest BCUT2D eigenvalue weighted by atomic mass is 16.7. The van der Waals surface area contributed by atoms with Crippen molar-refractivity contribution < 1.29 is 67.4 Å². The second-order valence-electron chi connectivity index (χ2n) is 22.4. The molecule has 0 unspecified atom stereocenters. The van der Waals surface area contributed by atoms with Crippen LogP contribution < -0.4 is 0 Å². The van der Waals surface area contributed by atoms with Gasteiger partial charge in [0.2, 0.25) is 0 Å². The molecule has 0 aromatic carbocycles. The predicted molar refractivity (Wildman–Crippen MR) is 274 cm³/mol. The highest BCUT2D eigenvalue weighted by Gasteiger charge is 2.46. The number of cyclic esters (lactones) is 2. The summed E-state index contributed by atoms with van der Waals surface area (Å²) in [5.41, 5.74) is 0. The van der Waals surface area contributed by atoms with E-state index in [2.05, 4.69) is 0 Å². The second-order valence-corrected chi connectivity index (χ2v) is 22.4. The van der Waals surface area contributed by atoms with E-state index in [9.17, 15) is 39.0 Å². The van der Waals surface area contributed by atoms with Crippen LogP contribution in [0.25, 0.3) is 0 Å². The van der Waals surface area contributed by atoms with Crippen molar-refractivity contribution in [3.8, 4) is 0 Å². The minimum Gasteiger partial charge on any atom is -0.461 e. The van der Waals surface area contributed by atoms with Crippen molar-refractivity contribution in [2.75, 3.05) is 28.2 Å². The number of ether oxygens (including phenoxy) is 6. The Balaban J connectivity index is 0.000000380. The van der Waals surface area contributed by atoms with Crippen LogP contribution in [-0.2, 0) is 57.2 Å². The maximum atomic E-state index is 13.5. The third-order valence-electron chi connectivity index (χ3n) is 15.8. The SMILES string of the molecule is CC[C@H]1OC(=O)[C@H](C)C(=O)[C@H](C)[C@@H](O[C@@H]2O[C@H](C)C[C@H](N(C)C)[C@H]2O)[C@@H](C)C[C@@H](C)C(=O)/C=C/[C@H]1C.CC[C@H]1OC(=O)[C@H](C)C(=O)[C@H](C)[C@@H](O[C@@H]2O[C@H](C)C[C@H](N(C)C)[C@H]2O)[C@@H](C)C[C@@H](C)C(=O)/C=C/[C@H]1C. The summed E-state index contributed by atoms with van der Waals surface area (Å²) in [5.74, 6) is -6.33. The molecular formula is C56H94N2O14. The standard InChI is InChI=1S/2C28H47NO7/c2*1-10-23-15(2)11-12-22(30)16(3)13-17(4)26(19(6)24(31)20(7)27(33)35-23)36-28-25(32)21(29(8)9)14-18(5)34-28/h2*11-12,15-21,23,25-26,28,32H,10,13-14H2,1-9H3/b2*12-11+/t2*15-,16-,17+,18-,19+,20-,21+,23-,25-,26+,28+/m11/s1. The number of hydrogen-bond acceptors (Lipinski definition) is 16. The first-order chi connectivity index (χ1) is 33.6. The molecule has 0 radical (unpaired) electrons. The number of nitrogens with zero attached hydrogens (tertiary/aromatic N) is 2. The van der Waals surface area contributed by atoms with E-state index in [1.54, 1.807) is 52.0 Å². The van der Waals surface area contributed by atoms with E-state index in [4.69, 9.17) is 28.4 Å². The maximum absolute atomic E-state index is 13.5. The molecule has 4 aliphatic rings. The molecule has 72 heavy (non-hydrogen) atoms. The number of esters is 2. The van der Waals surface area contributed by atoms with Gasteiger partial charge in [0.05, 0.1) is 24.4 Å². The van der Waals surface area contributed by atoms with Crippen molar-refractivity contribution in [2.24, 2.45) is 59.2 Å². The normalized spacial score (nSPS) is 42.6. The second kappa shape index (κ2) is 28.6. The maximum Gasteiger partial charge on any atom is 0.316 e. The molecule has 4 rings (SSSR count). The van der Waals surface area contributed by atoms with Crippen molar-refractivity contribution in [1.82, 2.24) is 9.80 Å². The molecular weight excluding hydrogens is 925 g/mol. The molecule has 4 heterocycles. The first kappa shape index (κ1) is 63.1. The predicted octanol–water partition coefficient (Wildman–Crippen LogP) is 6.80. The summed E-state index contributed by atoms with van der Waals surface area (Å²) in [6, 6.07) is -0.322. The van der Waals surface area contributed by atoms with E-state index in [0.717, 1.165) is 0 Å². The molecule has 0 spiro atoms. The van der Waals surface area contributed by atoms with Crippen LogP contribution in [-0.4, -0.2) is 157 Å². The fourth-order valence-electron chi connectivity index (χ4n) is 10.8. The van der Waals surface area contributed by atoms with Crippen LogP contribution in [0.1, 0.15) is 135 Å². The summed E-state index contributed by atoms with van der Waals surface area (Å²) in [7, 11) is 7.60. The number of aliphatic hydroxyl groups excluding tert-OH is 2. The Labute approximate surface area is 431 Å². The van der Waals surface area contributed by atoms with Gasteiger partial charge in [0.1, 0.15) is 36.3 Å². The first-order valence-electron chi connectivity index (χ1n) is 26.8. The molecule has 0 bridgehead atoms. The monoisotopic (exact) mass is 1020 g/mol. The number of aliphatic hydroxyl groups is 2. The average molecular weight is 1020 g/mol. The van der Waals surface area contributed by atoms with Gasteiger partial charge in [-0.15, -0.1) is 0 Å². The molecule has 2 saturated heterocycles. The van der Waals surface area contributed by atoms with Gasteiger partial charge in [0, 0.05) is 47.6 Å². The largest absolute Gasteiger partial charge is 0.461 e. The zero-order valence-corrected chi connectivity index (χ0v) is 46.9. The van der Waals surface area contributed by atoms with Gasteiger partial charge in [0.15, 0.2) is 35.7 Å². The van der Waals surface area contributed by atoms with Gasteiger partial charge in [-0.1, -0.05) is 81.4 Å². The molecule has 0 saturated carbocycles. The van der Waals surface area contributed by atoms with Gasteiger partial charge in [-0.2, -0.15) is 0 Å². The number of Topliss-reactive ketones (excluding diaryl/α,β-unsaturated/α-hetero) is 2. The molecule has 0 amide bonds. The Bertz CT molecular complexity index is 1720. The lowest BCUT2D eigenvalue weighted by Crippen LogP contribution is -2.56. The van der Waals surface area contributed by atoms with Crippen molar-refractivity contribution in [3.63, 3.8) is 0 Å². The number of allylic oxidation sites excluding steroid dienone is 2. The zero-order valence-electron chi connectivity index (χ0n) is 46.9. The Morgan fingerprint density at radius 2 is 0.847 bits per heavy atom. The van der Waals surface area contributed by atoms with Gasteiger partial charge in [-0.25, -0.2) is 0 Å². The summed E-state index contributed by atoms with van der Waals surface area (Å²) in [6.45, 7) is 25.8. The van der Waals surface area contributed by atoms with Crippen LogP contribution >= 0.6 is 0 Å². The van der Waals surface area contributed by atoms with Crippen LogP contribution in [0.5, 0.6) is 0 Å². The smallest absolute Gasteiger partial charge is 0.316 e. The summed E-state index contributed by atoms with van der Waals surface area (Å²) in [5, 5.41) is 22.0. The Morgan fingerprint density at radius 1 is 0.528 bits per heavy atom. The zero-order chi connectivity index (χ0) is 54.6. The first-order valence-corrected chi connectivity index (χ1v) is 26.8. The lowest BCUT2D eigenvalue weighted by molar-refractivity contribution is -0.278. The fraction of sp³-hybridized carbons (Fsp3) is 0.821. The highest BCUT2D eigenvalue weighted by molar-refractivity contribution is 6.00. The van der Waals surface area contributed by atoms with Crippen molar-refractivity contribution in [3.05, 3.63) is 24.3 Å². The minimum absolute atomic E-state index is 0.0201. The lowest BCUT2D eigenvalue weighted by atomic mass is 9.80. The number of hydrogen-bond donors (Lipinski definition) is 2. The molecule has 22 atom stereocenters. The molecule has 4 aliphatic heterocycles. The van der Waals surface area contributed by atoms with Gasteiger partial charge in [-0.3, -0.25) is 28.8 Å². The third-order valence-corrected chi connectivity index (χ3v) is 15.8. The number of carbonyl (C=O) groups is 6. The van der Waals surface area contributed by atoms with E-state index >= 15 is 0 Å². The van der Waals surface area contributed by atoms with Crippen molar-refractivity contribution in [1.29, 1.82) is 0 Å². The van der Waals surface area contributed by atoms with E-state index in [1.165, 1.54) is 0 Å². The van der Waals surface area contributed by atoms with E-state index in [1.807, 2.05) is 107 Å². The minimum atomic E-state index is -0.962.